The van der Waals surface area contributed by atoms with Gasteiger partial charge in [0.05, 0.1) is 11.1 Å². The molecule has 3 rings (SSSR count). The lowest BCUT2D eigenvalue weighted by Crippen LogP contribution is -2.50. The highest BCUT2D eigenvalue weighted by molar-refractivity contribution is 5.98. The third-order valence-corrected chi connectivity index (χ3v) is 4.57. The fourth-order valence-corrected chi connectivity index (χ4v) is 3.12. The topological polar surface area (TPSA) is 70.1 Å². The van der Waals surface area contributed by atoms with Gasteiger partial charge in [0.25, 0.3) is 11.8 Å². The molecule has 1 fully saturated rings. The number of carbonyl (C=O) groups is 2. The van der Waals surface area contributed by atoms with Crippen LogP contribution in [0.15, 0.2) is 42.5 Å². The average molecular weight is 390 g/mol. The summed E-state index contributed by atoms with van der Waals surface area (Å²) in [4.78, 5) is 28.4. The first-order valence-corrected chi connectivity index (χ1v) is 8.79. The molecule has 2 aromatic rings. The van der Waals surface area contributed by atoms with Crippen LogP contribution in [0.25, 0.3) is 0 Å². The number of aryl methyl sites for hydroxylation is 1. The molecule has 6 nitrogen and oxygen atoms in total. The molecule has 0 radical (unpaired) electrons. The molecule has 1 heterocycles. The van der Waals surface area contributed by atoms with Crippen molar-refractivity contribution < 1.29 is 28.2 Å². The van der Waals surface area contributed by atoms with Crippen LogP contribution in [0.3, 0.4) is 0 Å². The molecule has 0 spiro atoms. The van der Waals surface area contributed by atoms with Crippen LogP contribution in [0.4, 0.5) is 8.78 Å². The van der Waals surface area contributed by atoms with Crippen LogP contribution in [0.5, 0.6) is 11.5 Å². The third kappa shape index (κ3) is 4.21. The Labute approximate surface area is 160 Å². The number of rotatable bonds is 4. The molecule has 8 heteroatoms. The summed E-state index contributed by atoms with van der Waals surface area (Å²) >= 11 is 0. The summed E-state index contributed by atoms with van der Waals surface area (Å²) in [6, 6.07) is 10.7. The number of piperazine rings is 1. The van der Waals surface area contributed by atoms with Crippen LogP contribution >= 0.6 is 0 Å². The number of benzene rings is 2. The fourth-order valence-electron chi connectivity index (χ4n) is 3.12. The first kappa shape index (κ1) is 19.6. The van der Waals surface area contributed by atoms with Crippen molar-refractivity contribution in [2.75, 3.05) is 26.2 Å². The number of phenolic OH excluding ortho intramolecular Hbond substituents is 1. The monoisotopic (exact) mass is 390 g/mol. The van der Waals surface area contributed by atoms with Crippen LogP contribution in [-0.4, -0.2) is 59.5 Å². The molecule has 0 aliphatic carbocycles. The van der Waals surface area contributed by atoms with E-state index in [9.17, 15) is 23.5 Å². The van der Waals surface area contributed by atoms with Gasteiger partial charge in [-0.2, -0.15) is 8.78 Å². The number of amides is 2. The van der Waals surface area contributed by atoms with Gasteiger partial charge in [-0.1, -0.05) is 18.2 Å². The number of carbonyl (C=O) groups excluding carboxylic acids is 2. The van der Waals surface area contributed by atoms with Gasteiger partial charge in [0.2, 0.25) is 0 Å². The first-order chi connectivity index (χ1) is 13.4. The second-order valence-corrected chi connectivity index (χ2v) is 6.48. The molecule has 148 valence electrons. The zero-order valence-electron chi connectivity index (χ0n) is 15.3. The first-order valence-electron chi connectivity index (χ1n) is 8.79. The van der Waals surface area contributed by atoms with E-state index in [1.807, 2.05) is 6.92 Å². The Hall–Kier alpha value is -3.16. The van der Waals surface area contributed by atoms with Crippen molar-refractivity contribution in [2.45, 2.75) is 13.5 Å². The number of alkyl halides is 2. The quantitative estimate of drug-likeness (QED) is 0.872. The van der Waals surface area contributed by atoms with E-state index in [1.165, 1.54) is 29.2 Å². The van der Waals surface area contributed by atoms with E-state index >= 15 is 0 Å². The van der Waals surface area contributed by atoms with Gasteiger partial charge in [0.1, 0.15) is 11.5 Å². The smallest absolute Gasteiger partial charge is 0.387 e. The number of hydrogen-bond acceptors (Lipinski definition) is 4. The molecule has 1 aliphatic rings. The Morgan fingerprint density at radius 1 is 0.964 bits per heavy atom. The molecular formula is C20H20F2N2O4. The number of aromatic hydroxyl groups is 1. The largest absolute Gasteiger partial charge is 0.507 e. The summed E-state index contributed by atoms with van der Waals surface area (Å²) in [6.45, 7) is -0.162. The summed E-state index contributed by atoms with van der Waals surface area (Å²) < 4.78 is 29.5. The van der Waals surface area contributed by atoms with Crippen molar-refractivity contribution in [3.63, 3.8) is 0 Å². The highest BCUT2D eigenvalue weighted by atomic mass is 19.3. The van der Waals surface area contributed by atoms with Crippen molar-refractivity contribution in [3.05, 3.63) is 59.2 Å². The zero-order chi connectivity index (χ0) is 20.3. The molecule has 0 saturated carbocycles. The van der Waals surface area contributed by atoms with Crippen LogP contribution in [0, 0.1) is 6.92 Å². The molecule has 1 N–H and O–H groups in total. The van der Waals surface area contributed by atoms with Crippen LogP contribution in [0.2, 0.25) is 0 Å². The minimum Gasteiger partial charge on any atom is -0.507 e. The lowest BCUT2D eigenvalue weighted by molar-refractivity contribution is -0.0503. The van der Waals surface area contributed by atoms with E-state index in [4.69, 9.17) is 0 Å². The van der Waals surface area contributed by atoms with Gasteiger partial charge in [-0.25, -0.2) is 0 Å². The number of hydrogen-bond donors (Lipinski definition) is 1. The number of para-hydroxylation sites is 1. The van der Waals surface area contributed by atoms with E-state index in [1.54, 1.807) is 23.1 Å². The number of halogens is 2. The summed E-state index contributed by atoms with van der Waals surface area (Å²) in [6.07, 6.45) is 0. The van der Waals surface area contributed by atoms with E-state index < -0.39 is 12.5 Å². The van der Waals surface area contributed by atoms with Crippen LogP contribution in [-0.2, 0) is 0 Å². The third-order valence-electron chi connectivity index (χ3n) is 4.57. The summed E-state index contributed by atoms with van der Waals surface area (Å²) in [5, 5.41) is 10.00. The molecule has 1 aliphatic heterocycles. The maximum atomic E-state index is 12.7. The van der Waals surface area contributed by atoms with E-state index in [0.717, 1.165) is 5.56 Å². The highest BCUT2D eigenvalue weighted by Gasteiger charge is 2.28. The van der Waals surface area contributed by atoms with Gasteiger partial charge in [-0.15, -0.1) is 0 Å². The lowest BCUT2D eigenvalue weighted by Gasteiger charge is -2.35. The molecule has 0 unspecified atom stereocenters. The van der Waals surface area contributed by atoms with Gasteiger partial charge in [0, 0.05) is 26.2 Å². The Morgan fingerprint density at radius 3 is 2.11 bits per heavy atom. The molecule has 1 saturated heterocycles. The molecule has 28 heavy (non-hydrogen) atoms. The zero-order valence-corrected chi connectivity index (χ0v) is 15.3. The predicted octanol–water partition coefficient (Wildman–Crippen LogP) is 2.90. The van der Waals surface area contributed by atoms with Gasteiger partial charge in [-0.05, 0) is 36.8 Å². The van der Waals surface area contributed by atoms with Crippen molar-refractivity contribution in [3.8, 4) is 11.5 Å². The fraction of sp³-hybridized carbons (Fsp3) is 0.300. The Morgan fingerprint density at radius 2 is 1.54 bits per heavy atom. The molecule has 2 amide bonds. The van der Waals surface area contributed by atoms with Gasteiger partial charge in [-0.3, -0.25) is 9.59 Å². The van der Waals surface area contributed by atoms with Crippen molar-refractivity contribution >= 4 is 11.8 Å². The maximum absolute atomic E-state index is 12.7. The standard InChI is InChI=1S/C20H20F2N2O4/c1-13-6-7-14(16(25)12-13)18(26)23-8-10-24(11-9-23)19(27)15-4-2-3-5-17(15)28-20(21)22/h2-7,12,20,25H,8-11H2,1H3. The Bertz CT molecular complexity index is 880. The molecule has 0 bridgehead atoms. The van der Waals surface area contributed by atoms with Gasteiger partial charge in [0.15, 0.2) is 0 Å². The minimum absolute atomic E-state index is 0.0544. The number of nitrogens with zero attached hydrogens (tertiary/aromatic N) is 2. The Balaban J connectivity index is 1.67. The summed E-state index contributed by atoms with van der Waals surface area (Å²) in [5.41, 5.74) is 1.11. The van der Waals surface area contributed by atoms with Crippen molar-refractivity contribution in [1.29, 1.82) is 0 Å². The molecule has 0 atom stereocenters. The van der Waals surface area contributed by atoms with E-state index in [2.05, 4.69) is 4.74 Å². The SMILES string of the molecule is Cc1ccc(C(=O)N2CCN(C(=O)c3ccccc3OC(F)F)CC2)c(O)c1. The van der Waals surface area contributed by atoms with Crippen LogP contribution < -0.4 is 4.74 Å². The predicted molar refractivity (Wildman–Crippen MR) is 97.7 cm³/mol. The van der Waals surface area contributed by atoms with E-state index in [-0.39, 0.29) is 54.7 Å². The maximum Gasteiger partial charge on any atom is 0.387 e. The molecule has 0 aromatic heterocycles. The molecular weight excluding hydrogens is 370 g/mol. The second kappa shape index (κ2) is 8.24. The van der Waals surface area contributed by atoms with Gasteiger partial charge >= 0.3 is 6.61 Å². The van der Waals surface area contributed by atoms with Crippen LogP contribution in [0.1, 0.15) is 26.3 Å². The number of phenols is 1. The van der Waals surface area contributed by atoms with Crippen molar-refractivity contribution in [1.82, 2.24) is 9.80 Å². The minimum atomic E-state index is -3.02. The molecule has 2 aromatic carbocycles. The number of ether oxygens (including phenoxy) is 1. The van der Waals surface area contributed by atoms with Gasteiger partial charge < -0.3 is 19.6 Å². The van der Waals surface area contributed by atoms with Crippen molar-refractivity contribution in [2.24, 2.45) is 0 Å². The average Bonchev–Trinajstić information content (AvgIpc) is 2.67. The summed E-state index contributed by atoms with van der Waals surface area (Å²) in [7, 11) is 0. The second-order valence-electron chi connectivity index (χ2n) is 6.48. The lowest BCUT2D eigenvalue weighted by atomic mass is 10.1. The highest BCUT2D eigenvalue weighted by Crippen LogP contribution is 2.24. The normalized spacial score (nSPS) is 14.3. The van der Waals surface area contributed by atoms with E-state index in [0.29, 0.717) is 0 Å². The Kier molecular flexibility index (Phi) is 5.77. The summed E-state index contributed by atoms with van der Waals surface area (Å²) in [5.74, 6) is -1.00.